The molecule has 0 fully saturated rings. The van der Waals surface area contributed by atoms with Gasteiger partial charge in [-0.1, -0.05) is 152 Å². The molecule has 0 aliphatic heterocycles. The van der Waals surface area contributed by atoms with Gasteiger partial charge in [-0.15, -0.1) is 0 Å². The van der Waals surface area contributed by atoms with Crippen LogP contribution in [-0.4, -0.2) is 11.3 Å². The van der Waals surface area contributed by atoms with Crippen LogP contribution in [0.15, 0.2) is 48.5 Å². The Hall–Kier alpha value is -1.13. The summed E-state index contributed by atoms with van der Waals surface area (Å²) in [7, 11) is -0.659. The predicted octanol–water partition coefficient (Wildman–Crippen LogP) is 12.6. The highest BCUT2D eigenvalue weighted by Crippen LogP contribution is 2.71. The zero-order valence-corrected chi connectivity index (χ0v) is 26.8. The van der Waals surface area contributed by atoms with E-state index in [0.29, 0.717) is 0 Å². The Bertz CT molecular complexity index is 857. The topological polar surface area (TPSA) is 0 Å². The van der Waals surface area contributed by atoms with Crippen LogP contribution in [0.1, 0.15) is 155 Å². The van der Waals surface area contributed by atoms with Crippen molar-refractivity contribution in [2.75, 3.05) is 0 Å². The number of fused-ring (bicyclic) bond motifs is 3. The van der Waals surface area contributed by atoms with Crippen molar-refractivity contribution in [1.29, 1.82) is 0 Å². The van der Waals surface area contributed by atoms with Crippen molar-refractivity contribution in [2.24, 2.45) is 0 Å². The molecule has 0 saturated heterocycles. The number of hydrogen-bond acceptors (Lipinski definition) is 0. The Morgan fingerprint density at radius 1 is 0.500 bits per heavy atom. The summed E-state index contributed by atoms with van der Waals surface area (Å²) in [6.45, 7) is 12.3. The molecule has 0 bridgehead atoms. The van der Waals surface area contributed by atoms with Crippen LogP contribution in [0.5, 0.6) is 0 Å². The lowest BCUT2D eigenvalue weighted by Crippen LogP contribution is -2.29. The van der Waals surface area contributed by atoms with E-state index in [4.69, 9.17) is 0 Å². The molecule has 0 heterocycles. The molecule has 0 radical (unpaired) electrons. The molecule has 0 N–H and O–H groups in total. The van der Waals surface area contributed by atoms with Gasteiger partial charge in [0.25, 0.3) is 0 Å². The molecule has 0 nitrogen and oxygen atoms in total. The van der Waals surface area contributed by atoms with Crippen molar-refractivity contribution in [3.05, 3.63) is 59.7 Å². The lowest BCUT2D eigenvalue weighted by atomic mass is 9.89. The fourth-order valence-corrected chi connectivity index (χ4v) is 12.5. The summed E-state index contributed by atoms with van der Waals surface area (Å²) in [6.07, 6.45) is 24.4. The fraction of sp³-hybridized carbons (Fsp3) is 0.676. The molecule has 0 saturated carbocycles. The van der Waals surface area contributed by atoms with Gasteiger partial charge in [0.05, 0.1) is 11.3 Å². The van der Waals surface area contributed by atoms with E-state index in [2.05, 4.69) is 83.1 Å². The van der Waals surface area contributed by atoms with Gasteiger partial charge in [-0.2, -0.15) is 0 Å². The molecule has 2 aromatic rings. The van der Waals surface area contributed by atoms with E-state index in [1.54, 1.807) is 11.1 Å². The monoisotopic (exact) mass is 535 g/mol. The number of hydrogen-bond donors (Lipinski definition) is 0. The van der Waals surface area contributed by atoms with Crippen molar-refractivity contribution in [1.82, 2.24) is 0 Å². The average molecular weight is 536 g/mol. The maximum absolute atomic E-state index is 2.51. The van der Waals surface area contributed by atoms with Gasteiger partial charge in [-0.3, -0.25) is 0 Å². The number of benzene rings is 2. The third-order valence-electron chi connectivity index (χ3n) is 9.21. The minimum Gasteiger partial charge on any atom is -0.0654 e. The molecular weight excluding hydrogens is 475 g/mol. The standard InChI is InChI=1S/C37H59P/c1-6-7-8-9-10-11-12-13-14-15-16-17-18-19-20-25-30-37(38(31(2)3)32(4)5)35-28-23-21-26-33(35)34-27-22-24-29-36(34)37/h21-24,26-29,31-32H,6-20,25,30H2,1-5H3/p+1. The van der Waals surface area contributed by atoms with Crippen molar-refractivity contribution in [3.63, 3.8) is 0 Å². The molecule has 0 unspecified atom stereocenters. The number of unbranched alkanes of at least 4 members (excludes halogenated alkanes) is 15. The van der Waals surface area contributed by atoms with Crippen LogP contribution in [0.4, 0.5) is 0 Å². The SMILES string of the molecule is CCCCCCCCCCCCCCCCCCC1([PH+](C(C)C)C(C)C)c2ccccc2-c2ccccc21. The molecule has 1 heteroatoms. The van der Waals surface area contributed by atoms with Gasteiger partial charge < -0.3 is 0 Å². The molecule has 1 aliphatic carbocycles. The molecule has 0 amide bonds. The molecule has 3 rings (SSSR count). The van der Waals surface area contributed by atoms with Gasteiger partial charge >= 0.3 is 0 Å². The summed E-state index contributed by atoms with van der Waals surface area (Å²) in [5.41, 5.74) is 7.87. The summed E-state index contributed by atoms with van der Waals surface area (Å²) in [5.74, 6) is 0. The van der Waals surface area contributed by atoms with Crippen LogP contribution in [-0.2, 0) is 5.16 Å². The van der Waals surface area contributed by atoms with Crippen LogP contribution < -0.4 is 0 Å². The molecule has 1 aliphatic rings. The van der Waals surface area contributed by atoms with E-state index in [1.165, 1.54) is 120 Å². The van der Waals surface area contributed by atoms with Gasteiger partial charge in [0, 0.05) is 19.0 Å². The molecular formula is C37H60P+. The van der Waals surface area contributed by atoms with Crippen LogP contribution in [0.25, 0.3) is 11.1 Å². The zero-order valence-electron chi connectivity index (χ0n) is 25.8. The van der Waals surface area contributed by atoms with Gasteiger partial charge in [0.1, 0.15) is 5.16 Å². The Balaban J connectivity index is 1.45. The summed E-state index contributed by atoms with van der Waals surface area (Å²) < 4.78 is 0. The van der Waals surface area contributed by atoms with Gasteiger partial charge in [0.15, 0.2) is 0 Å². The maximum atomic E-state index is 2.51. The summed E-state index contributed by atoms with van der Waals surface area (Å²) in [4.78, 5) is 0. The lowest BCUT2D eigenvalue weighted by molar-refractivity contribution is 0.517. The van der Waals surface area contributed by atoms with Crippen molar-refractivity contribution < 1.29 is 0 Å². The predicted molar refractivity (Wildman–Crippen MR) is 175 cm³/mol. The third kappa shape index (κ3) is 8.19. The highest BCUT2D eigenvalue weighted by atomic mass is 31.1. The molecule has 38 heavy (non-hydrogen) atoms. The minimum atomic E-state index is -0.659. The van der Waals surface area contributed by atoms with E-state index in [-0.39, 0.29) is 5.16 Å². The highest BCUT2D eigenvalue weighted by molar-refractivity contribution is 7.60. The molecule has 0 aromatic heterocycles. The van der Waals surface area contributed by atoms with E-state index in [1.807, 2.05) is 0 Å². The summed E-state index contributed by atoms with van der Waals surface area (Å²) in [6, 6.07) is 18.8. The Kier molecular flexibility index (Phi) is 13.9. The van der Waals surface area contributed by atoms with Gasteiger partial charge in [0.2, 0.25) is 0 Å². The Morgan fingerprint density at radius 3 is 1.21 bits per heavy atom. The normalized spacial score (nSPS) is 14.0. The zero-order chi connectivity index (χ0) is 27.2. The second-order valence-corrected chi connectivity index (χ2v) is 16.9. The number of rotatable bonds is 20. The van der Waals surface area contributed by atoms with Crippen LogP contribution >= 0.6 is 7.92 Å². The first-order valence-corrected chi connectivity index (χ1v) is 18.3. The Labute approximate surface area is 238 Å². The fourth-order valence-electron chi connectivity index (χ4n) is 7.64. The van der Waals surface area contributed by atoms with E-state index >= 15 is 0 Å². The first kappa shape index (κ1) is 31.4. The van der Waals surface area contributed by atoms with E-state index in [9.17, 15) is 0 Å². The quantitative estimate of drug-likeness (QED) is 0.117. The van der Waals surface area contributed by atoms with Gasteiger partial charge in [-0.25, -0.2) is 0 Å². The smallest absolute Gasteiger partial charge is 0.0654 e. The maximum Gasteiger partial charge on any atom is 0.129 e. The second kappa shape index (κ2) is 16.9. The molecule has 212 valence electrons. The first-order chi connectivity index (χ1) is 18.5. The Morgan fingerprint density at radius 2 is 0.842 bits per heavy atom. The summed E-state index contributed by atoms with van der Waals surface area (Å²) in [5, 5.41) is 0.260. The highest BCUT2D eigenvalue weighted by Gasteiger charge is 2.55. The molecule has 0 atom stereocenters. The van der Waals surface area contributed by atoms with Crippen LogP contribution in [0.2, 0.25) is 0 Å². The van der Waals surface area contributed by atoms with E-state index < -0.39 is 7.92 Å². The molecule has 2 aromatic carbocycles. The summed E-state index contributed by atoms with van der Waals surface area (Å²) >= 11 is 0. The van der Waals surface area contributed by atoms with E-state index in [0.717, 1.165) is 11.3 Å². The first-order valence-electron chi connectivity index (χ1n) is 16.6. The largest absolute Gasteiger partial charge is 0.129 e. The third-order valence-corrected chi connectivity index (χ3v) is 13.5. The van der Waals surface area contributed by atoms with Crippen molar-refractivity contribution in [2.45, 2.75) is 160 Å². The lowest BCUT2D eigenvalue weighted by Gasteiger charge is -2.38. The van der Waals surface area contributed by atoms with Crippen LogP contribution in [0, 0.1) is 0 Å². The van der Waals surface area contributed by atoms with Gasteiger partial charge in [-0.05, 0) is 51.7 Å². The average Bonchev–Trinajstić information content (AvgIpc) is 3.18. The minimum absolute atomic E-state index is 0.260. The van der Waals surface area contributed by atoms with Crippen LogP contribution in [0.3, 0.4) is 0 Å². The van der Waals surface area contributed by atoms with Crippen molar-refractivity contribution in [3.8, 4) is 11.1 Å². The van der Waals surface area contributed by atoms with Crippen molar-refractivity contribution >= 4 is 7.92 Å². The second-order valence-electron chi connectivity index (χ2n) is 12.8. The molecule has 0 spiro atoms.